The zero-order valence-electron chi connectivity index (χ0n) is 22.1. The van der Waals surface area contributed by atoms with E-state index in [0.29, 0.717) is 36.8 Å². The van der Waals surface area contributed by atoms with Crippen LogP contribution in [0, 0.1) is 19.8 Å². The largest absolute Gasteiger partial charge is 0.471 e. The quantitative estimate of drug-likeness (QED) is 0.525. The molecule has 0 spiro atoms. The lowest BCUT2D eigenvalue weighted by Gasteiger charge is -2.32. The molecule has 0 unspecified atom stereocenters. The Kier molecular flexibility index (Phi) is 7.11. The number of fused-ring (bicyclic) bond motifs is 6. The number of rotatable bonds is 3. The van der Waals surface area contributed by atoms with Crippen molar-refractivity contribution >= 4 is 21.9 Å². The van der Waals surface area contributed by atoms with E-state index in [1.54, 1.807) is 18.2 Å². The lowest BCUT2D eigenvalue weighted by atomic mass is 10.00. The van der Waals surface area contributed by atoms with Gasteiger partial charge in [0.1, 0.15) is 6.10 Å². The number of nitrogens with zero attached hydrogens (tertiary/aromatic N) is 3. The van der Waals surface area contributed by atoms with E-state index in [1.165, 1.54) is 12.1 Å². The van der Waals surface area contributed by atoms with Crippen LogP contribution in [0.5, 0.6) is 5.88 Å². The molecule has 1 aromatic heterocycles. The average molecular weight is 536 g/mol. The molecule has 9 nitrogen and oxygen atoms in total. The molecule has 2 aliphatic heterocycles. The van der Waals surface area contributed by atoms with Gasteiger partial charge in [0.2, 0.25) is 11.8 Å². The van der Waals surface area contributed by atoms with Crippen molar-refractivity contribution in [2.45, 2.75) is 51.2 Å². The van der Waals surface area contributed by atoms with Crippen LogP contribution in [-0.4, -0.2) is 61.0 Å². The van der Waals surface area contributed by atoms with Crippen LogP contribution in [0.3, 0.4) is 0 Å². The lowest BCUT2D eigenvalue weighted by Crippen LogP contribution is -2.46. The van der Waals surface area contributed by atoms with Crippen LogP contribution in [0.1, 0.15) is 41.8 Å². The summed E-state index contributed by atoms with van der Waals surface area (Å²) in [5.74, 6) is 0.297. The Bertz CT molecular complexity index is 1450. The van der Waals surface area contributed by atoms with Gasteiger partial charge in [0.05, 0.1) is 17.1 Å². The predicted molar refractivity (Wildman–Crippen MR) is 146 cm³/mol. The first-order valence-corrected chi connectivity index (χ1v) is 14.4. The maximum absolute atomic E-state index is 13.8. The molecule has 6 bridgehead atoms. The second-order valence-corrected chi connectivity index (χ2v) is 12.1. The molecule has 2 N–H and O–H groups in total. The van der Waals surface area contributed by atoms with Crippen molar-refractivity contribution in [1.29, 1.82) is 0 Å². The highest BCUT2D eigenvalue weighted by molar-refractivity contribution is 7.92. The molecule has 10 heteroatoms. The van der Waals surface area contributed by atoms with Crippen LogP contribution in [0.15, 0.2) is 53.4 Å². The fourth-order valence-corrected chi connectivity index (χ4v) is 6.22. The van der Waals surface area contributed by atoms with Crippen LogP contribution in [0.4, 0.5) is 5.95 Å². The molecule has 1 fully saturated rings. The van der Waals surface area contributed by atoms with E-state index in [2.05, 4.69) is 33.9 Å². The lowest BCUT2D eigenvalue weighted by molar-refractivity contribution is 0.0584. The van der Waals surface area contributed by atoms with Gasteiger partial charge < -0.3 is 15.0 Å². The van der Waals surface area contributed by atoms with Crippen molar-refractivity contribution in [3.8, 4) is 17.1 Å². The molecule has 3 heterocycles. The Hall–Kier alpha value is -3.50. The van der Waals surface area contributed by atoms with E-state index in [-0.39, 0.29) is 28.7 Å². The third-order valence-corrected chi connectivity index (χ3v) is 8.27. The highest BCUT2D eigenvalue weighted by Gasteiger charge is 2.33. The monoisotopic (exact) mass is 535 g/mol. The molecule has 0 aliphatic carbocycles. The number of hydrogen-bond acceptors (Lipinski definition) is 7. The number of carbonyl (C=O) groups is 1. The molecular weight excluding hydrogens is 502 g/mol. The van der Waals surface area contributed by atoms with Crippen molar-refractivity contribution < 1.29 is 17.9 Å². The number of amides is 1. The molecule has 1 amide bonds. The number of aromatic nitrogens is 2. The molecule has 5 rings (SSSR count). The van der Waals surface area contributed by atoms with Crippen LogP contribution >= 0.6 is 0 Å². The molecule has 2 aliphatic rings. The molecule has 38 heavy (non-hydrogen) atoms. The summed E-state index contributed by atoms with van der Waals surface area (Å²) in [6.45, 7) is 9.69. The van der Waals surface area contributed by atoms with E-state index < -0.39 is 16.1 Å². The van der Waals surface area contributed by atoms with E-state index in [4.69, 9.17) is 4.74 Å². The minimum atomic E-state index is -4.08. The highest BCUT2D eigenvalue weighted by atomic mass is 32.2. The first kappa shape index (κ1) is 26.1. The second-order valence-electron chi connectivity index (χ2n) is 10.5. The molecule has 2 atom stereocenters. The first-order valence-electron chi connectivity index (χ1n) is 12.9. The summed E-state index contributed by atoms with van der Waals surface area (Å²) in [5.41, 5.74) is 3.75. The number of benzene rings is 2. The summed E-state index contributed by atoms with van der Waals surface area (Å²) in [5, 5.41) is 3.45. The number of sulfonamides is 1. The fraction of sp³-hybridized carbons (Fsp3) is 0.393. The standard InChI is InChI=1S/C28H33N5O4S/c1-17(2)11-21-14-29-15-22-16-33(21)27(34)20-9-6-10-23(12-20)38(35,36)32-28-30-24(13-25(31-28)37-22)26-18(3)7-5-8-19(26)4/h5-10,12-13,17,21-22,29H,11,14-16H2,1-4H3,(H,30,31,32)/t21-,22+/m1/s1. The molecule has 3 aromatic rings. The molecule has 0 saturated carbocycles. The van der Waals surface area contributed by atoms with E-state index in [1.807, 2.05) is 36.9 Å². The van der Waals surface area contributed by atoms with Gasteiger partial charge in [-0.15, -0.1) is 0 Å². The maximum Gasteiger partial charge on any atom is 0.264 e. The maximum atomic E-state index is 13.8. The number of anilines is 1. The Balaban J connectivity index is 1.67. The second kappa shape index (κ2) is 10.3. The number of carbonyl (C=O) groups excluding carboxylic acids is 1. The SMILES string of the molecule is Cc1cccc(C)c1-c1cc2nc(n1)NS(=O)(=O)c1cccc(c1)C(=O)N1C[C@H](CNC[C@H]1CC(C)C)O2. The highest BCUT2D eigenvalue weighted by Crippen LogP contribution is 2.30. The Morgan fingerprint density at radius 3 is 2.53 bits per heavy atom. The fourth-order valence-electron chi connectivity index (χ4n) is 5.23. The van der Waals surface area contributed by atoms with Gasteiger partial charge in [0.25, 0.3) is 15.9 Å². The summed E-state index contributed by atoms with van der Waals surface area (Å²) >= 11 is 0. The van der Waals surface area contributed by atoms with Gasteiger partial charge in [0, 0.05) is 36.3 Å². The van der Waals surface area contributed by atoms with E-state index in [9.17, 15) is 13.2 Å². The van der Waals surface area contributed by atoms with E-state index >= 15 is 0 Å². The molecule has 2 aromatic carbocycles. The third-order valence-electron chi connectivity index (χ3n) is 6.94. The van der Waals surface area contributed by atoms with Gasteiger partial charge in [-0.25, -0.2) is 18.1 Å². The van der Waals surface area contributed by atoms with Crippen LogP contribution < -0.4 is 14.8 Å². The van der Waals surface area contributed by atoms with Gasteiger partial charge in [-0.05, 0) is 55.5 Å². The van der Waals surface area contributed by atoms with Gasteiger partial charge in [-0.2, -0.15) is 4.98 Å². The van der Waals surface area contributed by atoms with Gasteiger partial charge >= 0.3 is 0 Å². The number of hydrogen-bond donors (Lipinski definition) is 2. The normalized spacial score (nSPS) is 20.9. The van der Waals surface area contributed by atoms with Crippen molar-refractivity contribution in [2.24, 2.45) is 5.92 Å². The van der Waals surface area contributed by atoms with Crippen LogP contribution in [0.25, 0.3) is 11.3 Å². The average Bonchev–Trinajstić information content (AvgIpc) is 3.04. The molecular formula is C28H33N5O4S. The summed E-state index contributed by atoms with van der Waals surface area (Å²) in [4.78, 5) is 24.6. The topological polar surface area (TPSA) is 114 Å². The number of aryl methyl sites for hydroxylation is 2. The first-order chi connectivity index (χ1) is 18.1. The number of nitrogens with one attached hydrogen (secondary N) is 2. The van der Waals surface area contributed by atoms with Crippen LogP contribution in [0.2, 0.25) is 0 Å². The zero-order chi connectivity index (χ0) is 27.0. The Labute approximate surface area is 223 Å². The minimum Gasteiger partial charge on any atom is -0.471 e. The summed E-state index contributed by atoms with van der Waals surface area (Å²) in [6, 6.07) is 13.7. The molecule has 1 saturated heterocycles. The molecule has 200 valence electrons. The predicted octanol–water partition coefficient (Wildman–Crippen LogP) is 3.78. The molecule has 0 radical (unpaired) electrons. The van der Waals surface area contributed by atoms with Crippen LogP contribution in [-0.2, 0) is 10.0 Å². The summed E-state index contributed by atoms with van der Waals surface area (Å²) in [6.07, 6.45) is 0.407. The third kappa shape index (κ3) is 5.37. The smallest absolute Gasteiger partial charge is 0.264 e. The van der Waals surface area contributed by atoms with Crippen molar-refractivity contribution in [1.82, 2.24) is 20.2 Å². The Morgan fingerprint density at radius 1 is 1.05 bits per heavy atom. The summed E-state index contributed by atoms with van der Waals surface area (Å²) in [7, 11) is -4.08. The van der Waals surface area contributed by atoms with Crippen molar-refractivity contribution in [3.05, 3.63) is 65.2 Å². The van der Waals surface area contributed by atoms with Gasteiger partial charge in [-0.3, -0.25) is 4.79 Å². The zero-order valence-corrected chi connectivity index (χ0v) is 22.9. The van der Waals surface area contributed by atoms with Crippen molar-refractivity contribution in [3.63, 3.8) is 0 Å². The van der Waals surface area contributed by atoms with Crippen molar-refractivity contribution in [2.75, 3.05) is 24.4 Å². The number of ether oxygens (including phenoxy) is 1. The van der Waals surface area contributed by atoms with Gasteiger partial charge in [-0.1, -0.05) is 38.1 Å². The Morgan fingerprint density at radius 2 is 1.79 bits per heavy atom. The summed E-state index contributed by atoms with van der Waals surface area (Å²) < 4.78 is 35.6. The minimum absolute atomic E-state index is 0.0314. The van der Waals surface area contributed by atoms with Gasteiger partial charge in [0.15, 0.2) is 0 Å². The van der Waals surface area contributed by atoms with E-state index in [0.717, 1.165) is 23.1 Å².